The summed E-state index contributed by atoms with van der Waals surface area (Å²) in [6, 6.07) is 77.9. The van der Waals surface area contributed by atoms with Gasteiger partial charge in [-0.05, 0) is 94.2 Å². The van der Waals surface area contributed by atoms with E-state index < -0.39 is 0 Å². The highest BCUT2D eigenvalue weighted by Gasteiger charge is 2.24. The molecule has 3 aromatic heterocycles. The molecular formula is C58H36N2O2. The second-order valence-electron chi connectivity index (χ2n) is 16.0. The number of nitrogens with zero attached hydrogens (tertiary/aromatic N) is 2. The number of rotatable bonds is 6. The number of hydrogen-bond donors (Lipinski definition) is 0. The summed E-state index contributed by atoms with van der Waals surface area (Å²) in [5.74, 6) is 0. The van der Waals surface area contributed by atoms with Gasteiger partial charge in [-0.3, -0.25) is 0 Å². The van der Waals surface area contributed by atoms with Gasteiger partial charge in [-0.2, -0.15) is 0 Å². The summed E-state index contributed by atoms with van der Waals surface area (Å²) in [5, 5.41) is 9.28. The third-order valence-corrected chi connectivity index (χ3v) is 12.6. The van der Waals surface area contributed by atoms with E-state index in [-0.39, 0.29) is 0 Å². The molecule has 0 saturated heterocycles. The minimum Gasteiger partial charge on any atom is -0.456 e. The molecule has 0 bridgehead atoms. The molecule has 4 heteroatoms. The van der Waals surface area contributed by atoms with Crippen LogP contribution in [0.25, 0.3) is 104 Å². The zero-order valence-electron chi connectivity index (χ0n) is 33.5. The Morgan fingerprint density at radius 2 is 1.02 bits per heavy atom. The molecule has 0 radical (unpaired) electrons. The first-order chi connectivity index (χ1) is 30.8. The smallest absolute Gasteiger partial charge is 0.159 e. The largest absolute Gasteiger partial charge is 0.456 e. The van der Waals surface area contributed by atoms with E-state index >= 15 is 0 Å². The van der Waals surface area contributed by atoms with Crippen molar-refractivity contribution in [2.24, 2.45) is 0 Å². The lowest BCUT2D eigenvalue weighted by atomic mass is 9.93. The lowest BCUT2D eigenvalue weighted by Gasteiger charge is -2.25. The van der Waals surface area contributed by atoms with Crippen LogP contribution in [0.3, 0.4) is 0 Å². The van der Waals surface area contributed by atoms with Gasteiger partial charge < -0.3 is 18.3 Å². The lowest BCUT2D eigenvalue weighted by molar-refractivity contribution is 0.669. The van der Waals surface area contributed by atoms with Crippen LogP contribution in [0.2, 0.25) is 0 Å². The monoisotopic (exact) mass is 792 g/mol. The second-order valence-corrected chi connectivity index (χ2v) is 16.0. The summed E-state index contributed by atoms with van der Waals surface area (Å²) in [4.78, 5) is 2.29. The maximum Gasteiger partial charge on any atom is 0.159 e. The molecule has 0 aliphatic carbocycles. The number of furan rings is 2. The molecule has 0 atom stereocenters. The van der Waals surface area contributed by atoms with Gasteiger partial charge in [0.05, 0.1) is 16.7 Å². The van der Waals surface area contributed by atoms with Crippen LogP contribution in [0.15, 0.2) is 227 Å². The highest BCUT2D eigenvalue weighted by Crippen LogP contribution is 2.48. The maximum atomic E-state index is 6.73. The van der Waals surface area contributed by atoms with E-state index in [9.17, 15) is 0 Å². The van der Waals surface area contributed by atoms with Gasteiger partial charge in [0, 0.05) is 61.0 Å². The number of fused-ring (bicyclic) bond motifs is 10. The van der Waals surface area contributed by atoms with Crippen LogP contribution >= 0.6 is 0 Å². The molecule has 13 rings (SSSR count). The van der Waals surface area contributed by atoms with E-state index in [2.05, 4.69) is 210 Å². The van der Waals surface area contributed by atoms with Crippen molar-refractivity contribution in [2.75, 3.05) is 4.90 Å². The molecule has 13 aromatic rings. The molecule has 10 aromatic carbocycles. The zero-order valence-corrected chi connectivity index (χ0v) is 33.5. The highest BCUT2D eigenvalue weighted by molar-refractivity contribution is 6.27. The van der Waals surface area contributed by atoms with E-state index in [1.807, 2.05) is 18.2 Å². The Hall–Kier alpha value is -8.34. The summed E-state index contributed by atoms with van der Waals surface area (Å²) < 4.78 is 15.7. The molecule has 0 aliphatic heterocycles. The van der Waals surface area contributed by atoms with E-state index in [0.717, 1.165) is 83.2 Å². The average Bonchev–Trinajstić information content (AvgIpc) is 4.01. The SMILES string of the molecule is c1ccc(-c2c3c(cc4c2c2cc(-c5cccc6ccccc56)ccc2n4-c2ccc(N(c4ccccc4)c4cccc5c4oc4ccccc45)cc2)oc2ccccc23)cc1. The predicted octanol–water partition coefficient (Wildman–Crippen LogP) is 16.5. The van der Waals surface area contributed by atoms with Crippen LogP contribution in [0.5, 0.6) is 0 Å². The van der Waals surface area contributed by atoms with Gasteiger partial charge in [0.25, 0.3) is 0 Å². The molecule has 290 valence electrons. The summed E-state index contributed by atoms with van der Waals surface area (Å²) in [7, 11) is 0. The summed E-state index contributed by atoms with van der Waals surface area (Å²) in [5.41, 5.74) is 14.5. The fourth-order valence-corrected chi connectivity index (χ4v) is 9.86. The van der Waals surface area contributed by atoms with Gasteiger partial charge in [0.1, 0.15) is 16.7 Å². The molecule has 0 N–H and O–H groups in total. The van der Waals surface area contributed by atoms with Crippen molar-refractivity contribution in [3.63, 3.8) is 0 Å². The molecule has 0 saturated carbocycles. The third kappa shape index (κ3) is 5.20. The predicted molar refractivity (Wildman–Crippen MR) is 258 cm³/mol. The van der Waals surface area contributed by atoms with Crippen LogP contribution in [0.1, 0.15) is 0 Å². The first kappa shape index (κ1) is 34.5. The van der Waals surface area contributed by atoms with Crippen molar-refractivity contribution in [3.8, 4) is 27.9 Å². The quantitative estimate of drug-likeness (QED) is 0.168. The van der Waals surface area contributed by atoms with Crippen molar-refractivity contribution in [3.05, 3.63) is 218 Å². The third-order valence-electron chi connectivity index (χ3n) is 12.6. The molecule has 0 aliphatic rings. The van der Waals surface area contributed by atoms with Crippen molar-refractivity contribution in [1.82, 2.24) is 4.57 Å². The standard InChI is InChI=1S/C58H36N2O2/c1-3-16-38(17-4-1)55-56-48-35-39(44-24-13-18-37-15-7-8-21-43(37)44)29-34-49(48)60(51(56)36-54-57(55)47-23-10-12-28-53(47)61-54)42-32-30-41(31-33-42)59(40-19-5-2-6-20-40)50-26-14-25-46-45-22-9-11-27-52(45)62-58(46)50/h1-36H. The molecule has 4 nitrogen and oxygen atoms in total. The van der Waals surface area contributed by atoms with Crippen LogP contribution in [-0.2, 0) is 0 Å². The normalized spacial score (nSPS) is 11.9. The highest BCUT2D eigenvalue weighted by atomic mass is 16.3. The topological polar surface area (TPSA) is 34.5 Å². The van der Waals surface area contributed by atoms with Crippen LogP contribution < -0.4 is 4.90 Å². The minimum atomic E-state index is 0.856. The first-order valence-corrected chi connectivity index (χ1v) is 21.1. The van der Waals surface area contributed by atoms with Crippen LogP contribution in [0, 0.1) is 0 Å². The number of para-hydroxylation sites is 4. The Bertz CT molecular complexity index is 3850. The fourth-order valence-electron chi connectivity index (χ4n) is 9.86. The molecule has 0 fully saturated rings. The maximum absolute atomic E-state index is 6.73. The van der Waals surface area contributed by atoms with E-state index in [1.54, 1.807) is 0 Å². The Morgan fingerprint density at radius 1 is 0.371 bits per heavy atom. The molecule has 0 spiro atoms. The van der Waals surface area contributed by atoms with E-state index in [0.29, 0.717) is 0 Å². The lowest BCUT2D eigenvalue weighted by Crippen LogP contribution is -2.10. The zero-order chi connectivity index (χ0) is 40.7. The van der Waals surface area contributed by atoms with Gasteiger partial charge in [0.15, 0.2) is 5.58 Å². The summed E-state index contributed by atoms with van der Waals surface area (Å²) in [6.45, 7) is 0. The Morgan fingerprint density at radius 3 is 1.84 bits per heavy atom. The van der Waals surface area contributed by atoms with Crippen molar-refractivity contribution in [1.29, 1.82) is 0 Å². The Kier molecular flexibility index (Phi) is 7.57. The van der Waals surface area contributed by atoms with Gasteiger partial charge in [-0.1, -0.05) is 146 Å². The molecule has 0 unspecified atom stereocenters. The molecule has 3 heterocycles. The van der Waals surface area contributed by atoms with Crippen LogP contribution in [-0.4, -0.2) is 4.57 Å². The van der Waals surface area contributed by atoms with Gasteiger partial charge in [-0.15, -0.1) is 0 Å². The van der Waals surface area contributed by atoms with Gasteiger partial charge in [-0.25, -0.2) is 0 Å². The first-order valence-electron chi connectivity index (χ1n) is 21.1. The number of aromatic nitrogens is 1. The number of hydrogen-bond acceptors (Lipinski definition) is 3. The van der Waals surface area contributed by atoms with Crippen molar-refractivity contribution < 1.29 is 8.83 Å². The molecular weight excluding hydrogens is 757 g/mol. The molecule has 0 amide bonds. The second kappa shape index (κ2) is 13.6. The minimum absolute atomic E-state index is 0.856. The average molecular weight is 793 g/mol. The van der Waals surface area contributed by atoms with Gasteiger partial charge in [0.2, 0.25) is 0 Å². The summed E-state index contributed by atoms with van der Waals surface area (Å²) in [6.07, 6.45) is 0. The number of anilines is 3. The van der Waals surface area contributed by atoms with Crippen molar-refractivity contribution in [2.45, 2.75) is 0 Å². The Labute approximate surface area is 356 Å². The molecule has 62 heavy (non-hydrogen) atoms. The van der Waals surface area contributed by atoms with E-state index in [1.165, 1.54) is 38.2 Å². The van der Waals surface area contributed by atoms with Crippen LogP contribution in [0.4, 0.5) is 17.1 Å². The fraction of sp³-hybridized carbons (Fsp3) is 0. The van der Waals surface area contributed by atoms with Gasteiger partial charge >= 0.3 is 0 Å². The van der Waals surface area contributed by atoms with Crippen molar-refractivity contribution >= 4 is 93.5 Å². The number of benzene rings is 10. The van der Waals surface area contributed by atoms with E-state index in [4.69, 9.17) is 8.83 Å². The summed E-state index contributed by atoms with van der Waals surface area (Å²) >= 11 is 0. The Balaban J connectivity index is 1.08.